The molecule has 0 amide bonds. The summed E-state index contributed by atoms with van der Waals surface area (Å²) in [6.07, 6.45) is 0. The summed E-state index contributed by atoms with van der Waals surface area (Å²) in [6.45, 7) is 8.25. The summed E-state index contributed by atoms with van der Waals surface area (Å²) in [4.78, 5) is 8.85. The smallest absolute Gasteiger partial charge is 0.151 e. The molecule has 30 heavy (non-hydrogen) atoms. The number of aliphatic hydroxyl groups is 1. The van der Waals surface area contributed by atoms with Gasteiger partial charge in [0.05, 0.1) is 6.61 Å². The van der Waals surface area contributed by atoms with Gasteiger partial charge in [-0.15, -0.1) is 10.2 Å². The van der Waals surface area contributed by atoms with Crippen molar-refractivity contribution >= 4 is 11.6 Å². The van der Waals surface area contributed by atoms with Gasteiger partial charge < -0.3 is 14.9 Å². The normalized spacial score (nSPS) is 18.8. The van der Waals surface area contributed by atoms with Crippen molar-refractivity contribution in [2.45, 2.75) is 6.54 Å². The predicted octanol–water partition coefficient (Wildman–Crippen LogP) is 1.19. The van der Waals surface area contributed by atoms with Crippen molar-refractivity contribution < 1.29 is 13.9 Å². The Morgan fingerprint density at radius 3 is 1.70 bits per heavy atom. The highest BCUT2D eigenvalue weighted by Gasteiger charge is 2.21. The van der Waals surface area contributed by atoms with Crippen molar-refractivity contribution in [3.05, 3.63) is 47.5 Å². The summed E-state index contributed by atoms with van der Waals surface area (Å²) in [7, 11) is 0. The Morgan fingerprint density at radius 1 is 0.733 bits per heavy atom. The maximum atomic E-state index is 13.4. The van der Waals surface area contributed by atoms with Crippen LogP contribution in [0.25, 0.3) is 0 Å². The van der Waals surface area contributed by atoms with E-state index in [4.69, 9.17) is 5.11 Å². The highest BCUT2D eigenvalue weighted by Crippen LogP contribution is 2.19. The quantitative estimate of drug-likeness (QED) is 0.756. The van der Waals surface area contributed by atoms with E-state index in [1.165, 1.54) is 12.1 Å². The van der Waals surface area contributed by atoms with Gasteiger partial charge in [-0.2, -0.15) is 0 Å². The van der Waals surface area contributed by atoms with Crippen molar-refractivity contribution in [1.82, 2.24) is 20.0 Å². The van der Waals surface area contributed by atoms with E-state index in [0.29, 0.717) is 12.1 Å². The standard InChI is InChI=1S/C21H28F2N6O/c22-18-13-17(14-19(23)15-18)16-27-5-9-29(10-6-27)21-2-1-20(24-25-21)28-7-3-26(4-8-28)11-12-30/h1-2,13-15,30H,3-12,16H2. The molecule has 1 aromatic heterocycles. The number of piperazine rings is 2. The molecular formula is C21H28F2N6O. The summed E-state index contributed by atoms with van der Waals surface area (Å²) in [5.74, 6) is 0.672. The molecule has 2 aromatic rings. The highest BCUT2D eigenvalue weighted by molar-refractivity contribution is 5.45. The summed E-state index contributed by atoms with van der Waals surface area (Å²) >= 11 is 0. The van der Waals surface area contributed by atoms with E-state index in [9.17, 15) is 8.78 Å². The van der Waals surface area contributed by atoms with Crippen LogP contribution in [0.15, 0.2) is 30.3 Å². The Bertz CT molecular complexity index is 800. The molecule has 0 spiro atoms. The van der Waals surface area contributed by atoms with Gasteiger partial charge in [0.25, 0.3) is 0 Å². The number of aromatic nitrogens is 2. The number of anilines is 2. The molecule has 2 aliphatic heterocycles. The maximum Gasteiger partial charge on any atom is 0.151 e. The molecule has 0 bridgehead atoms. The zero-order valence-corrected chi connectivity index (χ0v) is 17.1. The largest absolute Gasteiger partial charge is 0.395 e. The molecule has 7 nitrogen and oxygen atoms in total. The van der Waals surface area contributed by atoms with E-state index in [2.05, 4.69) is 29.8 Å². The summed E-state index contributed by atoms with van der Waals surface area (Å²) in [6, 6.07) is 7.72. The molecule has 4 rings (SSSR count). The van der Waals surface area contributed by atoms with E-state index in [-0.39, 0.29) is 6.61 Å². The Kier molecular flexibility index (Phi) is 6.71. The molecule has 3 heterocycles. The lowest BCUT2D eigenvalue weighted by atomic mass is 10.2. The summed E-state index contributed by atoms with van der Waals surface area (Å²) in [5, 5.41) is 17.9. The van der Waals surface area contributed by atoms with Gasteiger partial charge in [0.2, 0.25) is 0 Å². The Labute approximate surface area is 175 Å². The van der Waals surface area contributed by atoms with Crippen LogP contribution in [-0.4, -0.2) is 90.6 Å². The molecule has 0 atom stereocenters. The topological polar surface area (TPSA) is 59.0 Å². The average molecular weight is 418 g/mol. The maximum absolute atomic E-state index is 13.4. The number of β-amino-alcohol motifs (C(OH)–C–C–N with tert-alkyl or cyclic N) is 1. The first-order valence-corrected chi connectivity index (χ1v) is 10.4. The molecule has 9 heteroatoms. The summed E-state index contributed by atoms with van der Waals surface area (Å²) < 4.78 is 26.8. The minimum atomic E-state index is -0.534. The van der Waals surface area contributed by atoms with Gasteiger partial charge in [0, 0.05) is 71.5 Å². The molecule has 1 aromatic carbocycles. The number of hydrogen-bond acceptors (Lipinski definition) is 7. The minimum absolute atomic E-state index is 0.195. The van der Waals surface area contributed by atoms with Gasteiger partial charge in [-0.05, 0) is 29.8 Å². The Balaban J connectivity index is 1.28. The summed E-state index contributed by atoms with van der Waals surface area (Å²) in [5.41, 5.74) is 0.657. The Hall–Kier alpha value is -2.36. The van der Waals surface area contributed by atoms with Crippen LogP contribution in [0.1, 0.15) is 5.56 Å². The zero-order chi connectivity index (χ0) is 20.9. The number of hydrogen-bond donors (Lipinski definition) is 1. The van der Waals surface area contributed by atoms with Gasteiger partial charge in [0.15, 0.2) is 11.6 Å². The molecule has 2 fully saturated rings. The third kappa shape index (κ3) is 5.21. The molecule has 0 aliphatic carbocycles. The molecule has 2 aliphatic rings. The fourth-order valence-electron chi connectivity index (χ4n) is 4.09. The van der Waals surface area contributed by atoms with E-state index in [0.717, 1.165) is 76.6 Å². The van der Waals surface area contributed by atoms with Crippen LogP contribution in [0.2, 0.25) is 0 Å². The SMILES string of the molecule is OCCN1CCN(c2ccc(N3CCN(Cc4cc(F)cc(F)c4)CC3)nn2)CC1. The monoisotopic (exact) mass is 418 g/mol. The van der Waals surface area contributed by atoms with Crippen molar-refractivity contribution in [1.29, 1.82) is 0 Å². The van der Waals surface area contributed by atoms with E-state index >= 15 is 0 Å². The highest BCUT2D eigenvalue weighted by atomic mass is 19.1. The van der Waals surface area contributed by atoms with Gasteiger partial charge in [0.1, 0.15) is 11.6 Å². The number of halogens is 2. The molecule has 0 unspecified atom stereocenters. The van der Waals surface area contributed by atoms with Gasteiger partial charge in [-0.3, -0.25) is 9.80 Å². The second-order valence-corrected chi connectivity index (χ2v) is 7.84. The molecule has 2 saturated heterocycles. The van der Waals surface area contributed by atoms with Gasteiger partial charge >= 0.3 is 0 Å². The van der Waals surface area contributed by atoms with Crippen molar-refractivity contribution in [3.8, 4) is 0 Å². The fraction of sp³-hybridized carbons (Fsp3) is 0.524. The third-order valence-electron chi connectivity index (χ3n) is 5.77. The van der Waals surface area contributed by atoms with Gasteiger partial charge in [-0.1, -0.05) is 0 Å². The van der Waals surface area contributed by atoms with Crippen LogP contribution in [-0.2, 0) is 6.54 Å². The van der Waals surface area contributed by atoms with Gasteiger partial charge in [-0.25, -0.2) is 8.78 Å². The van der Waals surface area contributed by atoms with Crippen LogP contribution in [0.5, 0.6) is 0 Å². The van der Waals surface area contributed by atoms with Crippen LogP contribution in [0.4, 0.5) is 20.4 Å². The van der Waals surface area contributed by atoms with Crippen LogP contribution in [0, 0.1) is 11.6 Å². The van der Waals surface area contributed by atoms with E-state index < -0.39 is 11.6 Å². The third-order valence-corrected chi connectivity index (χ3v) is 5.77. The second kappa shape index (κ2) is 9.63. The van der Waals surface area contributed by atoms with Crippen molar-refractivity contribution in [3.63, 3.8) is 0 Å². The number of rotatable bonds is 6. The lowest BCUT2D eigenvalue weighted by Crippen LogP contribution is -2.47. The lowest BCUT2D eigenvalue weighted by Gasteiger charge is -2.36. The van der Waals surface area contributed by atoms with E-state index in [1.54, 1.807) is 0 Å². The molecule has 0 saturated carbocycles. The number of nitrogens with zero attached hydrogens (tertiary/aromatic N) is 6. The lowest BCUT2D eigenvalue weighted by molar-refractivity contribution is 0.188. The van der Waals surface area contributed by atoms with E-state index in [1.807, 2.05) is 12.1 Å². The molecular weight excluding hydrogens is 390 g/mol. The first-order chi connectivity index (χ1) is 14.6. The number of aliphatic hydroxyl groups excluding tert-OH is 1. The van der Waals surface area contributed by atoms with Crippen molar-refractivity contribution in [2.75, 3.05) is 75.3 Å². The second-order valence-electron chi connectivity index (χ2n) is 7.84. The van der Waals surface area contributed by atoms with Crippen LogP contribution in [0.3, 0.4) is 0 Å². The number of benzene rings is 1. The first kappa shape index (κ1) is 20.9. The van der Waals surface area contributed by atoms with Crippen LogP contribution < -0.4 is 9.80 Å². The fourth-order valence-corrected chi connectivity index (χ4v) is 4.09. The first-order valence-electron chi connectivity index (χ1n) is 10.4. The van der Waals surface area contributed by atoms with Crippen LogP contribution >= 0.6 is 0 Å². The average Bonchev–Trinajstić information content (AvgIpc) is 2.75. The predicted molar refractivity (Wildman–Crippen MR) is 112 cm³/mol. The minimum Gasteiger partial charge on any atom is -0.395 e. The van der Waals surface area contributed by atoms with Crippen molar-refractivity contribution in [2.24, 2.45) is 0 Å². The zero-order valence-electron chi connectivity index (χ0n) is 17.1. The molecule has 0 radical (unpaired) electrons. The Morgan fingerprint density at radius 2 is 1.23 bits per heavy atom. The molecule has 1 N–H and O–H groups in total. The molecule has 162 valence electrons.